The second kappa shape index (κ2) is 5.91. The molecule has 18 heavy (non-hydrogen) atoms. The van der Waals surface area contributed by atoms with Crippen LogP contribution in [0.2, 0.25) is 0 Å². The Hall–Kier alpha value is -0.770. The van der Waals surface area contributed by atoms with Gasteiger partial charge >= 0.3 is 0 Å². The average molecular weight is 313 g/mol. The number of halogens is 1. The van der Waals surface area contributed by atoms with Gasteiger partial charge in [-0.2, -0.15) is 0 Å². The van der Waals surface area contributed by atoms with Crippen LogP contribution in [-0.2, 0) is 11.8 Å². The molecule has 2 unspecified atom stereocenters. The zero-order chi connectivity index (χ0) is 13.1. The Morgan fingerprint density at radius 3 is 2.83 bits per heavy atom. The Kier molecular flexibility index (Phi) is 4.49. The molecule has 1 aliphatic rings. The Morgan fingerprint density at radius 2 is 2.22 bits per heavy atom. The minimum Gasteiger partial charge on any atom is -0.353 e. The molecule has 1 amide bonds. The van der Waals surface area contributed by atoms with Gasteiger partial charge in [0.05, 0.1) is 10.9 Å². The van der Waals surface area contributed by atoms with Crippen molar-refractivity contribution in [1.29, 1.82) is 0 Å². The van der Waals surface area contributed by atoms with Gasteiger partial charge in [-0.05, 0) is 31.9 Å². The van der Waals surface area contributed by atoms with E-state index in [-0.39, 0.29) is 16.8 Å². The first kappa shape index (κ1) is 13.7. The number of hydrogen-bond acceptors (Lipinski definition) is 1. The van der Waals surface area contributed by atoms with Crippen molar-refractivity contribution in [3.63, 3.8) is 0 Å². The highest BCUT2D eigenvalue weighted by Crippen LogP contribution is 2.31. The van der Waals surface area contributed by atoms with Crippen LogP contribution < -0.4 is 0 Å². The summed E-state index contributed by atoms with van der Waals surface area (Å²) < 4.78 is 2.13. The van der Waals surface area contributed by atoms with Crippen LogP contribution in [0.15, 0.2) is 18.3 Å². The fourth-order valence-corrected chi connectivity index (χ4v) is 2.99. The van der Waals surface area contributed by atoms with Gasteiger partial charge in [-0.1, -0.05) is 28.8 Å². The normalized spacial score (nSPS) is 22.6. The fourth-order valence-electron chi connectivity index (χ4n) is 2.73. The van der Waals surface area contributed by atoms with Crippen LogP contribution in [0.1, 0.15) is 44.3 Å². The number of likely N-dealkylation sites (tertiary alicyclic amines) is 1. The van der Waals surface area contributed by atoms with Crippen LogP contribution in [-0.4, -0.2) is 26.7 Å². The number of rotatable bonds is 2. The molecule has 2 rings (SSSR count). The molecule has 2 heterocycles. The standard InChI is InChI=1S/C14H21BrN2O/c1-11(15)14(18)17-10-5-3-4-7-13(17)12-8-6-9-16(12)2/h6,8-9,11,13H,3-5,7,10H2,1-2H3. The molecule has 3 nitrogen and oxygen atoms in total. The Bertz CT molecular complexity index is 414. The Balaban J connectivity index is 2.28. The third-order valence-corrected chi connectivity index (χ3v) is 4.09. The molecule has 0 saturated carbocycles. The van der Waals surface area contributed by atoms with E-state index in [1.165, 1.54) is 18.5 Å². The molecule has 100 valence electrons. The first-order valence-electron chi connectivity index (χ1n) is 6.67. The largest absolute Gasteiger partial charge is 0.353 e. The summed E-state index contributed by atoms with van der Waals surface area (Å²) >= 11 is 3.41. The average Bonchev–Trinajstić information content (AvgIpc) is 2.63. The van der Waals surface area contributed by atoms with Gasteiger partial charge in [-0.15, -0.1) is 0 Å². The number of alkyl halides is 1. The van der Waals surface area contributed by atoms with Gasteiger partial charge in [0, 0.05) is 25.5 Å². The number of hydrogen-bond donors (Lipinski definition) is 0. The lowest BCUT2D eigenvalue weighted by atomic mass is 10.1. The SMILES string of the molecule is CC(Br)C(=O)N1CCCCCC1c1cccn1C. The first-order valence-corrected chi connectivity index (χ1v) is 7.58. The molecule has 1 saturated heterocycles. The topological polar surface area (TPSA) is 25.2 Å². The van der Waals surface area contributed by atoms with E-state index in [4.69, 9.17) is 0 Å². The number of aryl methyl sites for hydroxylation is 1. The molecular weight excluding hydrogens is 292 g/mol. The summed E-state index contributed by atoms with van der Waals surface area (Å²) in [6.07, 6.45) is 6.67. The molecule has 1 aromatic rings. The Labute approximate surface area is 117 Å². The van der Waals surface area contributed by atoms with Crippen LogP contribution in [0.5, 0.6) is 0 Å². The van der Waals surface area contributed by atoms with Gasteiger partial charge in [-0.3, -0.25) is 4.79 Å². The predicted octanol–water partition coefficient (Wildman–Crippen LogP) is 3.25. The number of aromatic nitrogens is 1. The highest BCUT2D eigenvalue weighted by atomic mass is 79.9. The van der Waals surface area contributed by atoms with Gasteiger partial charge in [0.2, 0.25) is 5.91 Å². The van der Waals surface area contributed by atoms with Gasteiger partial charge in [0.25, 0.3) is 0 Å². The maximum atomic E-state index is 12.3. The lowest BCUT2D eigenvalue weighted by Crippen LogP contribution is -2.39. The molecule has 4 heteroatoms. The van der Waals surface area contributed by atoms with Crippen molar-refractivity contribution in [2.24, 2.45) is 7.05 Å². The van der Waals surface area contributed by atoms with Crippen molar-refractivity contribution in [3.05, 3.63) is 24.0 Å². The summed E-state index contributed by atoms with van der Waals surface area (Å²) in [5.41, 5.74) is 1.25. The minimum absolute atomic E-state index is 0.0987. The van der Waals surface area contributed by atoms with Crippen LogP contribution in [0, 0.1) is 0 Å². The van der Waals surface area contributed by atoms with Crippen molar-refractivity contribution in [3.8, 4) is 0 Å². The Morgan fingerprint density at radius 1 is 1.44 bits per heavy atom. The molecule has 0 aromatic carbocycles. The summed E-state index contributed by atoms with van der Waals surface area (Å²) in [6.45, 7) is 2.79. The number of carbonyl (C=O) groups excluding carboxylic acids is 1. The van der Waals surface area contributed by atoms with E-state index in [0.29, 0.717) is 0 Å². The van der Waals surface area contributed by atoms with E-state index in [0.717, 1.165) is 19.4 Å². The fraction of sp³-hybridized carbons (Fsp3) is 0.643. The molecule has 0 bridgehead atoms. The molecule has 0 spiro atoms. The summed E-state index contributed by atoms with van der Waals surface area (Å²) in [6, 6.07) is 4.43. The summed E-state index contributed by atoms with van der Waals surface area (Å²) in [5.74, 6) is 0.211. The second-order valence-electron chi connectivity index (χ2n) is 5.06. The number of nitrogens with zero attached hydrogens (tertiary/aromatic N) is 2. The van der Waals surface area contributed by atoms with Crippen LogP contribution >= 0.6 is 15.9 Å². The molecular formula is C14H21BrN2O. The van der Waals surface area contributed by atoms with E-state index < -0.39 is 0 Å². The summed E-state index contributed by atoms with van der Waals surface area (Å²) in [7, 11) is 2.06. The molecule has 0 aliphatic carbocycles. The maximum absolute atomic E-state index is 12.3. The summed E-state index contributed by atoms with van der Waals surface area (Å²) in [4.78, 5) is 14.3. The van der Waals surface area contributed by atoms with Gasteiger partial charge in [-0.25, -0.2) is 0 Å². The highest BCUT2D eigenvalue weighted by molar-refractivity contribution is 9.10. The monoisotopic (exact) mass is 312 g/mol. The molecule has 1 aliphatic heterocycles. The highest BCUT2D eigenvalue weighted by Gasteiger charge is 2.29. The van der Waals surface area contributed by atoms with E-state index in [2.05, 4.69) is 50.8 Å². The molecule has 0 radical (unpaired) electrons. The number of amides is 1. The quantitative estimate of drug-likeness (QED) is 0.770. The van der Waals surface area contributed by atoms with E-state index in [9.17, 15) is 4.79 Å². The van der Waals surface area contributed by atoms with E-state index in [1.807, 2.05) is 6.92 Å². The van der Waals surface area contributed by atoms with Gasteiger partial charge < -0.3 is 9.47 Å². The van der Waals surface area contributed by atoms with E-state index >= 15 is 0 Å². The molecule has 1 aromatic heterocycles. The minimum atomic E-state index is -0.0987. The third-order valence-electron chi connectivity index (χ3n) is 3.70. The molecule has 0 N–H and O–H groups in total. The van der Waals surface area contributed by atoms with E-state index in [1.54, 1.807) is 0 Å². The zero-order valence-corrected chi connectivity index (χ0v) is 12.7. The predicted molar refractivity (Wildman–Crippen MR) is 76.7 cm³/mol. The van der Waals surface area contributed by atoms with Gasteiger partial charge in [0.1, 0.15) is 0 Å². The lowest BCUT2D eigenvalue weighted by Gasteiger charge is -2.31. The molecule has 1 fully saturated rings. The van der Waals surface area contributed by atoms with Gasteiger partial charge in [0.15, 0.2) is 0 Å². The van der Waals surface area contributed by atoms with Crippen molar-refractivity contribution in [1.82, 2.24) is 9.47 Å². The smallest absolute Gasteiger partial charge is 0.236 e. The third kappa shape index (κ3) is 2.79. The van der Waals surface area contributed by atoms with Crippen molar-refractivity contribution in [2.45, 2.75) is 43.5 Å². The van der Waals surface area contributed by atoms with Crippen molar-refractivity contribution >= 4 is 21.8 Å². The first-order chi connectivity index (χ1) is 8.61. The van der Waals surface area contributed by atoms with Crippen molar-refractivity contribution < 1.29 is 4.79 Å². The van der Waals surface area contributed by atoms with Crippen LogP contribution in [0.3, 0.4) is 0 Å². The van der Waals surface area contributed by atoms with Crippen molar-refractivity contribution in [2.75, 3.05) is 6.54 Å². The van der Waals surface area contributed by atoms with Crippen LogP contribution in [0.4, 0.5) is 0 Å². The number of carbonyl (C=O) groups is 1. The van der Waals surface area contributed by atoms with Crippen LogP contribution in [0.25, 0.3) is 0 Å². The zero-order valence-electron chi connectivity index (χ0n) is 11.1. The lowest BCUT2D eigenvalue weighted by molar-refractivity contribution is -0.132. The summed E-state index contributed by atoms with van der Waals surface area (Å²) in [5, 5.41) is 0. The second-order valence-corrected chi connectivity index (χ2v) is 6.43. The maximum Gasteiger partial charge on any atom is 0.236 e. The molecule has 2 atom stereocenters.